The van der Waals surface area contributed by atoms with Crippen molar-refractivity contribution in [3.63, 3.8) is 0 Å². The van der Waals surface area contributed by atoms with E-state index in [2.05, 4.69) is 13.8 Å². The van der Waals surface area contributed by atoms with E-state index in [9.17, 15) is 13.2 Å². The van der Waals surface area contributed by atoms with E-state index in [0.717, 1.165) is 6.42 Å². The maximum absolute atomic E-state index is 12.2. The first-order valence-electron chi connectivity index (χ1n) is 6.02. The number of rotatable bonds is 5. The van der Waals surface area contributed by atoms with E-state index in [4.69, 9.17) is 10.7 Å². The molecule has 106 valence electrons. The molecule has 0 bridgehead atoms. The Balaban J connectivity index is 3.00. The predicted octanol–water partition coefficient (Wildman–Crippen LogP) is 2.73. The molecular formula is C13H18ClNO3S. The first-order valence-corrected chi connectivity index (χ1v) is 8.33. The third kappa shape index (κ3) is 4.51. The molecule has 0 aliphatic carbocycles. The van der Waals surface area contributed by atoms with Gasteiger partial charge in [-0.15, -0.1) is 0 Å². The molecule has 6 heteroatoms. The molecule has 0 saturated heterocycles. The summed E-state index contributed by atoms with van der Waals surface area (Å²) in [6.45, 7) is 4.71. The minimum Gasteiger partial charge on any atom is -0.342 e. The Morgan fingerprint density at radius 1 is 1.32 bits per heavy atom. The molecule has 1 rings (SSSR count). The Bertz CT molecular complexity index is 555. The van der Waals surface area contributed by atoms with Crippen LogP contribution in [0.15, 0.2) is 29.2 Å². The highest BCUT2D eigenvalue weighted by Gasteiger charge is 2.22. The van der Waals surface area contributed by atoms with Crippen LogP contribution >= 0.6 is 10.7 Å². The van der Waals surface area contributed by atoms with Gasteiger partial charge in [-0.1, -0.05) is 26.0 Å². The summed E-state index contributed by atoms with van der Waals surface area (Å²) in [5.41, 5.74) is 0.115. The second-order valence-corrected chi connectivity index (χ2v) is 7.38. The average molecular weight is 304 g/mol. The van der Waals surface area contributed by atoms with Crippen molar-refractivity contribution in [3.8, 4) is 0 Å². The summed E-state index contributed by atoms with van der Waals surface area (Å²) in [4.78, 5) is 13.6. The van der Waals surface area contributed by atoms with E-state index in [-0.39, 0.29) is 16.4 Å². The maximum Gasteiger partial charge on any atom is 0.262 e. The van der Waals surface area contributed by atoms with Crippen molar-refractivity contribution in [1.82, 2.24) is 4.90 Å². The number of hydrogen-bond donors (Lipinski definition) is 0. The Labute approximate surface area is 118 Å². The zero-order chi connectivity index (χ0) is 14.6. The fourth-order valence-corrected chi connectivity index (χ4v) is 2.68. The number of carbonyl (C=O) groups excluding carboxylic acids is 1. The Kier molecular flexibility index (Phi) is 5.38. The highest BCUT2D eigenvalue weighted by atomic mass is 35.7. The molecule has 0 aliphatic rings. The van der Waals surface area contributed by atoms with Crippen LogP contribution in [0.2, 0.25) is 0 Å². The van der Waals surface area contributed by atoms with Crippen molar-refractivity contribution in [2.45, 2.75) is 25.2 Å². The van der Waals surface area contributed by atoms with Crippen LogP contribution in [0, 0.1) is 5.92 Å². The van der Waals surface area contributed by atoms with Gasteiger partial charge in [0.1, 0.15) is 0 Å². The summed E-state index contributed by atoms with van der Waals surface area (Å²) in [7, 11) is 3.08. The van der Waals surface area contributed by atoms with Gasteiger partial charge in [-0.05, 0) is 24.5 Å². The van der Waals surface area contributed by atoms with Crippen molar-refractivity contribution in [3.05, 3.63) is 29.8 Å². The van der Waals surface area contributed by atoms with Crippen LogP contribution in [0.3, 0.4) is 0 Å². The Morgan fingerprint density at radius 2 is 1.89 bits per heavy atom. The van der Waals surface area contributed by atoms with E-state index >= 15 is 0 Å². The minimum atomic E-state index is -3.92. The van der Waals surface area contributed by atoms with Gasteiger partial charge in [-0.2, -0.15) is 0 Å². The lowest BCUT2D eigenvalue weighted by Gasteiger charge is -2.19. The van der Waals surface area contributed by atoms with Gasteiger partial charge in [0, 0.05) is 24.3 Å². The maximum atomic E-state index is 12.2. The molecule has 4 nitrogen and oxygen atoms in total. The summed E-state index contributed by atoms with van der Waals surface area (Å²) < 4.78 is 22.9. The molecule has 0 N–H and O–H groups in total. The monoisotopic (exact) mass is 303 g/mol. The summed E-state index contributed by atoms with van der Waals surface area (Å²) in [5, 5.41) is 0. The molecule has 0 radical (unpaired) electrons. The number of amides is 1. The highest BCUT2D eigenvalue weighted by molar-refractivity contribution is 8.13. The minimum absolute atomic E-state index is 0.115. The zero-order valence-corrected chi connectivity index (χ0v) is 12.8. The highest BCUT2D eigenvalue weighted by Crippen LogP contribution is 2.21. The topological polar surface area (TPSA) is 54.5 Å². The standard InChI is InChI=1S/C13H18ClNO3S/c1-10(2)8-9-15(3)13(16)11-6-4-5-7-12(11)19(14,17)18/h4-7,10H,8-9H2,1-3H3. The second-order valence-electron chi connectivity index (χ2n) is 4.84. The predicted molar refractivity (Wildman–Crippen MR) is 75.9 cm³/mol. The molecular weight excluding hydrogens is 286 g/mol. The first-order chi connectivity index (χ1) is 8.73. The SMILES string of the molecule is CC(C)CCN(C)C(=O)c1ccccc1S(=O)(=O)Cl. The lowest BCUT2D eigenvalue weighted by atomic mass is 10.1. The number of benzene rings is 1. The number of nitrogens with zero attached hydrogens (tertiary/aromatic N) is 1. The summed E-state index contributed by atoms with van der Waals surface area (Å²) in [6, 6.07) is 5.98. The van der Waals surface area contributed by atoms with Gasteiger partial charge in [-0.3, -0.25) is 4.79 Å². The third-order valence-electron chi connectivity index (χ3n) is 2.77. The van der Waals surface area contributed by atoms with Crippen LogP contribution in [0.5, 0.6) is 0 Å². The first kappa shape index (κ1) is 16.0. The molecule has 0 atom stereocenters. The molecule has 19 heavy (non-hydrogen) atoms. The van der Waals surface area contributed by atoms with Crippen LogP contribution in [-0.4, -0.2) is 32.8 Å². The molecule has 0 spiro atoms. The third-order valence-corrected chi connectivity index (χ3v) is 4.15. The van der Waals surface area contributed by atoms with Gasteiger partial charge in [0.05, 0.1) is 10.5 Å². The van der Waals surface area contributed by atoms with Gasteiger partial charge in [0.15, 0.2) is 0 Å². The normalized spacial score (nSPS) is 11.6. The van der Waals surface area contributed by atoms with E-state index in [1.807, 2.05) is 0 Å². The number of halogens is 1. The summed E-state index contributed by atoms with van der Waals surface area (Å²) >= 11 is 0. The van der Waals surface area contributed by atoms with E-state index < -0.39 is 9.05 Å². The summed E-state index contributed by atoms with van der Waals surface area (Å²) in [5.74, 6) is 0.141. The molecule has 1 aromatic rings. The van der Waals surface area contributed by atoms with Crippen molar-refractivity contribution in [2.24, 2.45) is 5.92 Å². The van der Waals surface area contributed by atoms with E-state index in [1.54, 1.807) is 19.2 Å². The smallest absolute Gasteiger partial charge is 0.262 e. The van der Waals surface area contributed by atoms with Gasteiger partial charge < -0.3 is 4.90 Å². The lowest BCUT2D eigenvalue weighted by molar-refractivity contribution is 0.0785. The molecule has 0 heterocycles. The van der Waals surface area contributed by atoms with Crippen LogP contribution in [0.1, 0.15) is 30.6 Å². The summed E-state index contributed by atoms with van der Waals surface area (Å²) in [6.07, 6.45) is 0.859. The average Bonchev–Trinajstić information content (AvgIpc) is 2.34. The number of carbonyl (C=O) groups is 1. The Morgan fingerprint density at radius 3 is 2.42 bits per heavy atom. The fraction of sp³-hybridized carbons (Fsp3) is 0.462. The Hall–Kier alpha value is -1.07. The lowest BCUT2D eigenvalue weighted by Crippen LogP contribution is -2.29. The van der Waals surface area contributed by atoms with Crippen LogP contribution in [0.25, 0.3) is 0 Å². The number of hydrogen-bond acceptors (Lipinski definition) is 3. The van der Waals surface area contributed by atoms with Crippen molar-refractivity contribution < 1.29 is 13.2 Å². The van der Waals surface area contributed by atoms with Crippen molar-refractivity contribution >= 4 is 25.6 Å². The van der Waals surface area contributed by atoms with Gasteiger partial charge in [0.25, 0.3) is 15.0 Å². The van der Waals surface area contributed by atoms with Crippen LogP contribution < -0.4 is 0 Å². The van der Waals surface area contributed by atoms with E-state index in [1.165, 1.54) is 17.0 Å². The van der Waals surface area contributed by atoms with Crippen LogP contribution in [0.4, 0.5) is 0 Å². The van der Waals surface area contributed by atoms with Gasteiger partial charge >= 0.3 is 0 Å². The van der Waals surface area contributed by atoms with E-state index in [0.29, 0.717) is 12.5 Å². The molecule has 1 aromatic carbocycles. The molecule has 0 aromatic heterocycles. The zero-order valence-electron chi connectivity index (χ0n) is 11.3. The van der Waals surface area contributed by atoms with Gasteiger partial charge in [-0.25, -0.2) is 8.42 Å². The fourth-order valence-electron chi connectivity index (χ4n) is 1.61. The van der Waals surface area contributed by atoms with Crippen LogP contribution in [-0.2, 0) is 9.05 Å². The van der Waals surface area contributed by atoms with Gasteiger partial charge in [0.2, 0.25) is 0 Å². The van der Waals surface area contributed by atoms with Crippen molar-refractivity contribution in [2.75, 3.05) is 13.6 Å². The molecule has 0 fully saturated rings. The largest absolute Gasteiger partial charge is 0.342 e. The van der Waals surface area contributed by atoms with Crippen molar-refractivity contribution in [1.29, 1.82) is 0 Å². The molecule has 0 saturated carbocycles. The second kappa shape index (κ2) is 6.39. The molecule has 1 amide bonds. The molecule has 0 aliphatic heterocycles. The quantitative estimate of drug-likeness (QED) is 0.786. The molecule has 0 unspecified atom stereocenters.